The number of benzene rings is 2. The highest BCUT2D eigenvalue weighted by atomic mass is 35.5. The first kappa shape index (κ1) is 24.5. The number of rotatable bonds is 9. The minimum absolute atomic E-state index is 0. The minimum atomic E-state index is -0.248. The molecule has 1 atom stereocenters. The molecule has 0 saturated heterocycles. The zero-order valence-electron chi connectivity index (χ0n) is 17.2. The van der Waals surface area contributed by atoms with Crippen molar-refractivity contribution in [1.82, 2.24) is 0 Å². The Morgan fingerprint density at radius 2 is 1.81 bits per heavy atom. The number of aromatic amines is 1. The predicted octanol–water partition coefficient (Wildman–Crippen LogP) is 1.11. The number of carbonyl (C=O) groups is 1. The van der Waals surface area contributed by atoms with Gasteiger partial charge in [0.25, 0.3) is 5.91 Å². The zero-order valence-corrected chi connectivity index (χ0v) is 18.7. The molecule has 1 unspecified atom stereocenters. The first-order valence-electron chi connectivity index (χ1n) is 9.80. The second-order valence-electron chi connectivity index (χ2n) is 6.82. The Balaban J connectivity index is 0.00000341. The van der Waals surface area contributed by atoms with E-state index in [2.05, 4.69) is 27.8 Å². The molecule has 0 saturated carbocycles. The maximum Gasteiger partial charge on any atom is 0.250 e. The molecule has 5 N–H and O–H groups in total. The number of nitrogens with two attached hydrogens (primary N) is 1. The van der Waals surface area contributed by atoms with Crippen LogP contribution in [-0.4, -0.2) is 19.1 Å². The van der Waals surface area contributed by atoms with Gasteiger partial charge in [-0.2, -0.15) is 0 Å². The Morgan fingerprint density at radius 3 is 2.45 bits per heavy atom. The van der Waals surface area contributed by atoms with Crippen molar-refractivity contribution in [2.45, 2.75) is 19.4 Å². The summed E-state index contributed by atoms with van der Waals surface area (Å²) in [6.07, 6.45) is 0.766. The normalized spacial score (nSPS) is 11.3. The van der Waals surface area contributed by atoms with Crippen molar-refractivity contribution in [3.63, 3.8) is 0 Å². The van der Waals surface area contributed by atoms with Gasteiger partial charge in [0.05, 0.1) is 0 Å². The van der Waals surface area contributed by atoms with Crippen LogP contribution in [0, 0.1) is 0 Å². The summed E-state index contributed by atoms with van der Waals surface area (Å²) in [5, 5.41) is 6.96. The molecule has 6 nitrogen and oxygen atoms in total. The summed E-state index contributed by atoms with van der Waals surface area (Å²) >= 11 is 6.02. The molecular formula is C23H26Cl2N4O2. The van der Waals surface area contributed by atoms with Crippen LogP contribution in [0.2, 0.25) is 5.02 Å². The third-order valence-corrected chi connectivity index (χ3v) is 4.82. The van der Waals surface area contributed by atoms with Crippen LogP contribution in [-0.2, 0) is 16.0 Å². The van der Waals surface area contributed by atoms with Crippen molar-refractivity contribution in [1.29, 1.82) is 0 Å². The van der Waals surface area contributed by atoms with E-state index in [1.807, 2.05) is 55.5 Å². The van der Waals surface area contributed by atoms with Crippen LogP contribution in [0.5, 0.6) is 0 Å². The molecule has 3 rings (SSSR count). The van der Waals surface area contributed by atoms with Crippen molar-refractivity contribution >= 4 is 34.8 Å². The molecule has 8 heteroatoms. The molecule has 0 aliphatic carbocycles. The summed E-state index contributed by atoms with van der Waals surface area (Å²) in [7, 11) is 0. The summed E-state index contributed by atoms with van der Waals surface area (Å²) < 4.78 is 5.11. The molecule has 164 valence electrons. The van der Waals surface area contributed by atoms with Crippen molar-refractivity contribution in [2.24, 2.45) is 0 Å². The van der Waals surface area contributed by atoms with Gasteiger partial charge in [-0.15, -0.1) is 0 Å². The SMILES string of the molecule is CCOCC(=O)Nc1ccc(NC(Cc2ccc(Cl)cc2)c2ccccc2)[nH+]c1N.[Cl-]. The molecule has 31 heavy (non-hydrogen) atoms. The Kier molecular flexibility index (Phi) is 9.59. The lowest BCUT2D eigenvalue weighted by Gasteiger charge is -2.17. The number of nitrogen functional groups attached to an aromatic ring is 1. The Hall–Kier alpha value is -2.80. The molecule has 2 aromatic carbocycles. The first-order valence-corrected chi connectivity index (χ1v) is 10.2. The van der Waals surface area contributed by atoms with E-state index in [1.54, 1.807) is 6.07 Å². The smallest absolute Gasteiger partial charge is 0.250 e. The van der Waals surface area contributed by atoms with Crippen molar-refractivity contribution in [3.8, 4) is 0 Å². The van der Waals surface area contributed by atoms with E-state index >= 15 is 0 Å². The van der Waals surface area contributed by atoms with E-state index in [-0.39, 0.29) is 31.0 Å². The monoisotopic (exact) mass is 460 g/mol. The summed E-state index contributed by atoms with van der Waals surface area (Å²) in [6.45, 7) is 2.31. The first-order chi connectivity index (χ1) is 14.5. The molecule has 0 radical (unpaired) electrons. The van der Waals surface area contributed by atoms with Gasteiger partial charge in [-0.25, -0.2) is 4.98 Å². The topological polar surface area (TPSA) is 90.5 Å². The quantitative estimate of drug-likeness (QED) is 0.446. The average molecular weight is 461 g/mol. The van der Waals surface area contributed by atoms with Gasteiger partial charge in [0, 0.05) is 24.1 Å². The molecule has 3 aromatic rings. The largest absolute Gasteiger partial charge is 1.00 e. The summed E-state index contributed by atoms with van der Waals surface area (Å²) in [4.78, 5) is 15.0. The van der Waals surface area contributed by atoms with Crippen LogP contribution < -0.4 is 33.8 Å². The van der Waals surface area contributed by atoms with Gasteiger partial charge in [-0.05, 0) is 36.2 Å². The fourth-order valence-corrected chi connectivity index (χ4v) is 3.19. The number of halogens is 2. The molecule has 1 amide bonds. The highest BCUT2D eigenvalue weighted by Crippen LogP contribution is 2.24. The maximum absolute atomic E-state index is 11.9. The molecule has 0 aliphatic rings. The summed E-state index contributed by atoms with van der Waals surface area (Å²) in [5.41, 5.74) is 8.94. The second kappa shape index (κ2) is 12.2. The lowest BCUT2D eigenvalue weighted by Crippen LogP contribution is -3.00. The Bertz CT molecular complexity index is 969. The molecular weight excluding hydrogens is 435 g/mol. The van der Waals surface area contributed by atoms with Crippen LogP contribution >= 0.6 is 11.6 Å². The third kappa shape index (κ3) is 7.43. The molecule has 0 fully saturated rings. The number of H-pyrrole nitrogens is 1. The predicted molar refractivity (Wildman–Crippen MR) is 120 cm³/mol. The van der Waals surface area contributed by atoms with Crippen LogP contribution in [0.4, 0.5) is 17.3 Å². The van der Waals surface area contributed by atoms with Gasteiger partial charge in [-0.1, -0.05) is 54.1 Å². The van der Waals surface area contributed by atoms with Gasteiger partial charge in [0.1, 0.15) is 18.3 Å². The van der Waals surface area contributed by atoms with Crippen molar-refractivity contribution in [3.05, 3.63) is 82.9 Å². The zero-order chi connectivity index (χ0) is 21.3. The van der Waals surface area contributed by atoms with Gasteiger partial charge >= 0.3 is 0 Å². The number of hydrogen-bond acceptors (Lipinski definition) is 4. The number of ether oxygens (including phenoxy) is 1. The molecule has 0 spiro atoms. The molecule has 1 aromatic heterocycles. The average Bonchev–Trinajstić information content (AvgIpc) is 2.76. The summed E-state index contributed by atoms with van der Waals surface area (Å²) in [6, 6.07) is 21.6. The fraction of sp³-hybridized carbons (Fsp3) is 0.217. The maximum atomic E-state index is 11.9. The van der Waals surface area contributed by atoms with Crippen molar-refractivity contribution < 1.29 is 26.9 Å². The highest BCUT2D eigenvalue weighted by molar-refractivity contribution is 6.30. The standard InChI is InChI=1S/C23H25ClN4O2.ClH/c1-2-30-15-22(29)27-19-12-13-21(28-23(19)25)26-20(17-6-4-3-5-7-17)14-16-8-10-18(24)11-9-16;/h3-13,20H,2,14-15H2,1H3,(H,27,29)(H3,25,26,28);1H. The van der Waals surface area contributed by atoms with Crippen LogP contribution in [0.1, 0.15) is 24.1 Å². The van der Waals surface area contributed by atoms with E-state index in [0.717, 1.165) is 23.4 Å². The Morgan fingerprint density at radius 1 is 1.10 bits per heavy atom. The minimum Gasteiger partial charge on any atom is -1.00 e. The molecule has 0 bridgehead atoms. The number of pyridine rings is 1. The fourth-order valence-electron chi connectivity index (χ4n) is 3.07. The van der Waals surface area contributed by atoms with Crippen LogP contribution in [0.15, 0.2) is 66.7 Å². The lowest BCUT2D eigenvalue weighted by atomic mass is 9.99. The second-order valence-corrected chi connectivity index (χ2v) is 7.26. The van der Waals surface area contributed by atoms with E-state index in [1.165, 1.54) is 0 Å². The number of anilines is 3. The number of carbonyl (C=O) groups excluding carboxylic acids is 1. The third-order valence-electron chi connectivity index (χ3n) is 4.57. The van der Waals surface area contributed by atoms with E-state index in [4.69, 9.17) is 22.1 Å². The lowest BCUT2D eigenvalue weighted by molar-refractivity contribution is -0.342. The number of hydrogen-bond donors (Lipinski definition) is 3. The summed E-state index contributed by atoms with van der Waals surface area (Å²) in [5.74, 6) is 0.865. The van der Waals surface area contributed by atoms with Gasteiger partial charge in [0.2, 0.25) is 11.6 Å². The number of aromatic nitrogens is 1. The van der Waals surface area contributed by atoms with E-state index < -0.39 is 0 Å². The van der Waals surface area contributed by atoms with E-state index in [0.29, 0.717) is 23.1 Å². The Labute approximate surface area is 193 Å². The molecule has 0 aliphatic heterocycles. The van der Waals surface area contributed by atoms with Gasteiger partial charge in [0.15, 0.2) is 0 Å². The number of amides is 1. The number of nitrogens with one attached hydrogen (secondary N) is 3. The van der Waals surface area contributed by atoms with Crippen molar-refractivity contribution in [2.75, 3.05) is 29.6 Å². The van der Waals surface area contributed by atoms with Crippen LogP contribution in [0.3, 0.4) is 0 Å². The van der Waals surface area contributed by atoms with Gasteiger partial charge < -0.3 is 28.2 Å². The van der Waals surface area contributed by atoms with Gasteiger partial charge in [-0.3, -0.25) is 10.1 Å². The highest BCUT2D eigenvalue weighted by Gasteiger charge is 2.18. The van der Waals surface area contributed by atoms with E-state index in [9.17, 15) is 4.79 Å². The molecule has 1 heterocycles. The van der Waals surface area contributed by atoms with Crippen LogP contribution in [0.25, 0.3) is 0 Å².